The molecule has 0 amide bonds. The van der Waals surface area contributed by atoms with E-state index >= 15 is 0 Å². The van der Waals surface area contributed by atoms with Crippen molar-refractivity contribution in [3.63, 3.8) is 0 Å². The lowest BCUT2D eigenvalue weighted by Gasteiger charge is -1.90. The number of nitro benzene ring substituents is 1. The highest BCUT2D eigenvalue weighted by Crippen LogP contribution is 2.11. The van der Waals surface area contributed by atoms with Gasteiger partial charge in [-0.25, -0.2) is 0 Å². The third-order valence-corrected chi connectivity index (χ3v) is 1.12. The molecule has 0 heterocycles. The minimum atomic E-state index is -0.436. The third kappa shape index (κ3) is 1.31. The quantitative estimate of drug-likeness (QED) is 0.436. The Labute approximate surface area is 58.4 Å². The Kier molecular flexibility index (Phi) is 1.67. The molecule has 10 heavy (non-hydrogen) atoms. The van der Waals surface area contributed by atoms with E-state index in [1.807, 2.05) is 0 Å². The van der Waals surface area contributed by atoms with Gasteiger partial charge in [-0.05, 0) is 12.5 Å². The summed E-state index contributed by atoms with van der Waals surface area (Å²) in [4.78, 5) is 9.70. The molecule has 0 aromatic heterocycles. The van der Waals surface area contributed by atoms with Crippen LogP contribution in [0.2, 0.25) is 0 Å². The maximum atomic E-state index is 10.1. The van der Waals surface area contributed by atoms with Gasteiger partial charge in [0.1, 0.15) is 0 Å². The van der Waals surface area contributed by atoms with E-state index in [4.69, 9.17) is 0 Å². The molecule has 0 aliphatic heterocycles. The van der Waals surface area contributed by atoms with Crippen molar-refractivity contribution in [1.29, 1.82) is 0 Å². The number of rotatable bonds is 1. The second kappa shape index (κ2) is 2.47. The van der Waals surface area contributed by atoms with Crippen LogP contribution >= 0.6 is 0 Å². The van der Waals surface area contributed by atoms with E-state index in [2.05, 4.69) is 6.92 Å². The first kappa shape index (κ1) is 6.74. The Balaban J connectivity index is 3.07. The van der Waals surface area contributed by atoms with E-state index in [0.717, 1.165) is 0 Å². The van der Waals surface area contributed by atoms with Gasteiger partial charge in [0.2, 0.25) is 0 Å². The van der Waals surface area contributed by atoms with Crippen LogP contribution in [0.25, 0.3) is 0 Å². The van der Waals surface area contributed by atoms with Crippen LogP contribution in [-0.4, -0.2) is 4.92 Å². The summed E-state index contributed by atoms with van der Waals surface area (Å²) in [7, 11) is 0. The molecule has 0 spiro atoms. The zero-order chi connectivity index (χ0) is 7.56. The molecular weight excluding hydrogens is 130 g/mol. The molecule has 0 unspecified atom stereocenters. The molecule has 3 nitrogen and oxygen atoms in total. The molecule has 0 saturated heterocycles. The Hall–Kier alpha value is -1.38. The van der Waals surface area contributed by atoms with Crippen molar-refractivity contribution >= 4 is 5.69 Å². The van der Waals surface area contributed by atoms with Gasteiger partial charge in [-0.3, -0.25) is 10.1 Å². The fraction of sp³-hybridized carbons (Fsp3) is 0. The van der Waals surface area contributed by atoms with Crippen molar-refractivity contribution in [1.82, 2.24) is 0 Å². The van der Waals surface area contributed by atoms with Crippen molar-refractivity contribution < 1.29 is 4.92 Å². The second-order valence-corrected chi connectivity index (χ2v) is 1.93. The fourth-order valence-electron chi connectivity index (χ4n) is 0.670. The highest BCUT2D eigenvalue weighted by Gasteiger charge is 2.01. The molecule has 1 aromatic rings. The van der Waals surface area contributed by atoms with Gasteiger partial charge < -0.3 is 0 Å². The number of non-ortho nitro benzene ring substituents is 1. The van der Waals surface area contributed by atoms with E-state index in [0.29, 0.717) is 5.56 Å². The first-order valence-electron chi connectivity index (χ1n) is 2.76. The fourth-order valence-corrected chi connectivity index (χ4v) is 0.670. The van der Waals surface area contributed by atoms with Crippen LogP contribution in [0, 0.1) is 17.0 Å². The van der Waals surface area contributed by atoms with Crippen molar-refractivity contribution in [2.75, 3.05) is 0 Å². The second-order valence-electron chi connectivity index (χ2n) is 1.93. The average Bonchev–Trinajstić information content (AvgIpc) is 1.88. The first-order valence-corrected chi connectivity index (χ1v) is 2.76. The Bertz CT molecular complexity index is 258. The SMILES string of the molecule is [CH2]c1cccc([N+](=O)[O-])c1. The van der Waals surface area contributed by atoms with Crippen LogP contribution in [0.5, 0.6) is 0 Å². The van der Waals surface area contributed by atoms with Crippen LogP contribution in [0.15, 0.2) is 24.3 Å². The van der Waals surface area contributed by atoms with Crippen molar-refractivity contribution in [2.45, 2.75) is 0 Å². The first-order chi connectivity index (χ1) is 4.70. The van der Waals surface area contributed by atoms with Crippen LogP contribution < -0.4 is 0 Å². The zero-order valence-electron chi connectivity index (χ0n) is 5.28. The summed E-state index contributed by atoms with van der Waals surface area (Å²) in [5.41, 5.74) is 0.752. The monoisotopic (exact) mass is 136 g/mol. The molecule has 3 heteroatoms. The predicted molar refractivity (Wildman–Crippen MR) is 37.6 cm³/mol. The third-order valence-electron chi connectivity index (χ3n) is 1.12. The molecule has 51 valence electrons. The minimum Gasteiger partial charge on any atom is -0.258 e. The Morgan fingerprint density at radius 2 is 2.20 bits per heavy atom. The number of nitrogens with zero attached hydrogens (tertiary/aromatic N) is 1. The van der Waals surface area contributed by atoms with E-state index < -0.39 is 4.92 Å². The summed E-state index contributed by atoms with van der Waals surface area (Å²) < 4.78 is 0. The van der Waals surface area contributed by atoms with Crippen molar-refractivity contribution in [3.05, 3.63) is 46.9 Å². The van der Waals surface area contributed by atoms with Gasteiger partial charge in [-0.15, -0.1) is 0 Å². The van der Waals surface area contributed by atoms with E-state index in [1.165, 1.54) is 12.1 Å². The lowest BCUT2D eigenvalue weighted by molar-refractivity contribution is -0.384. The molecule has 0 aliphatic rings. The predicted octanol–water partition coefficient (Wildman–Crippen LogP) is 1.78. The molecule has 0 aliphatic carbocycles. The topological polar surface area (TPSA) is 43.1 Å². The largest absolute Gasteiger partial charge is 0.269 e. The van der Waals surface area contributed by atoms with Crippen molar-refractivity contribution in [3.8, 4) is 0 Å². The molecule has 0 N–H and O–H groups in total. The van der Waals surface area contributed by atoms with Gasteiger partial charge in [0.15, 0.2) is 0 Å². The Morgan fingerprint density at radius 3 is 2.60 bits per heavy atom. The molecule has 0 fully saturated rings. The molecule has 1 radical (unpaired) electrons. The smallest absolute Gasteiger partial charge is 0.258 e. The van der Waals surface area contributed by atoms with Gasteiger partial charge in [-0.1, -0.05) is 12.1 Å². The standard InChI is InChI=1S/C7H6NO2/c1-6-3-2-4-7(5-6)8(9)10/h2-5H,1H2. The molecule has 0 saturated carbocycles. The normalized spacial score (nSPS) is 9.30. The van der Waals surface area contributed by atoms with E-state index in [1.54, 1.807) is 12.1 Å². The van der Waals surface area contributed by atoms with Gasteiger partial charge in [0.25, 0.3) is 5.69 Å². The summed E-state index contributed by atoms with van der Waals surface area (Å²) in [6, 6.07) is 6.20. The lowest BCUT2D eigenvalue weighted by atomic mass is 10.2. The number of hydrogen-bond donors (Lipinski definition) is 0. The summed E-state index contributed by atoms with van der Waals surface area (Å²) in [6.07, 6.45) is 0. The van der Waals surface area contributed by atoms with Crippen molar-refractivity contribution in [2.24, 2.45) is 0 Å². The molecule has 1 aromatic carbocycles. The summed E-state index contributed by atoms with van der Waals surface area (Å²) >= 11 is 0. The summed E-state index contributed by atoms with van der Waals surface area (Å²) in [5, 5.41) is 10.1. The van der Waals surface area contributed by atoms with Gasteiger partial charge in [0.05, 0.1) is 4.92 Å². The van der Waals surface area contributed by atoms with Gasteiger partial charge >= 0.3 is 0 Å². The number of nitro groups is 1. The highest BCUT2D eigenvalue weighted by atomic mass is 16.6. The molecule has 0 bridgehead atoms. The van der Waals surface area contributed by atoms with Gasteiger partial charge in [0, 0.05) is 12.1 Å². The highest BCUT2D eigenvalue weighted by molar-refractivity contribution is 5.35. The number of hydrogen-bond acceptors (Lipinski definition) is 2. The van der Waals surface area contributed by atoms with Crippen LogP contribution in [0.3, 0.4) is 0 Å². The van der Waals surface area contributed by atoms with Crippen LogP contribution in [-0.2, 0) is 0 Å². The molecule has 1 rings (SSSR count). The maximum Gasteiger partial charge on any atom is 0.269 e. The van der Waals surface area contributed by atoms with Crippen LogP contribution in [0.4, 0.5) is 5.69 Å². The average molecular weight is 136 g/mol. The molecular formula is C7H6NO2. The summed E-state index contributed by atoms with van der Waals surface area (Å²) in [6.45, 7) is 3.56. The van der Waals surface area contributed by atoms with Gasteiger partial charge in [-0.2, -0.15) is 0 Å². The van der Waals surface area contributed by atoms with E-state index in [9.17, 15) is 10.1 Å². The number of benzene rings is 1. The Morgan fingerprint density at radius 1 is 1.50 bits per heavy atom. The summed E-state index contributed by atoms with van der Waals surface area (Å²) in [5.74, 6) is 0. The van der Waals surface area contributed by atoms with Crippen LogP contribution in [0.1, 0.15) is 5.56 Å². The van der Waals surface area contributed by atoms with E-state index in [-0.39, 0.29) is 5.69 Å². The molecule has 0 atom stereocenters. The maximum absolute atomic E-state index is 10.1. The minimum absolute atomic E-state index is 0.0903. The zero-order valence-corrected chi connectivity index (χ0v) is 5.28. The lowest BCUT2D eigenvalue weighted by Crippen LogP contribution is -1.86.